The summed E-state index contributed by atoms with van der Waals surface area (Å²) in [5.74, 6) is 0.0332. The van der Waals surface area contributed by atoms with Gasteiger partial charge in [0.05, 0.1) is 13.2 Å². The second-order valence-electron chi connectivity index (χ2n) is 2.89. The molecule has 4 heteroatoms. The van der Waals surface area contributed by atoms with Crippen LogP contribution in [0.15, 0.2) is 0 Å². The topological polar surface area (TPSA) is 50.4 Å². The molecule has 13 heavy (non-hydrogen) atoms. The second kappa shape index (κ2) is 8.01. The van der Waals surface area contributed by atoms with Gasteiger partial charge in [0.25, 0.3) is 0 Å². The van der Waals surface area contributed by atoms with Crippen molar-refractivity contribution >= 4 is 5.91 Å². The molecule has 2 N–H and O–H groups in total. The van der Waals surface area contributed by atoms with Gasteiger partial charge in [-0.1, -0.05) is 0 Å². The van der Waals surface area contributed by atoms with E-state index in [0.717, 1.165) is 0 Å². The van der Waals surface area contributed by atoms with Gasteiger partial charge in [-0.3, -0.25) is 4.79 Å². The Balaban J connectivity index is 3.34. The quantitative estimate of drug-likeness (QED) is 0.597. The molecule has 0 bridgehead atoms. The highest BCUT2D eigenvalue weighted by atomic mass is 16.5. The molecule has 0 aliphatic rings. The Bertz CT molecular complexity index is 140. The average Bonchev–Trinajstić information content (AvgIpc) is 2.12. The maximum atomic E-state index is 11.0. The first-order valence-electron chi connectivity index (χ1n) is 4.78. The highest BCUT2D eigenvalue weighted by molar-refractivity contribution is 5.77. The van der Waals surface area contributed by atoms with Gasteiger partial charge in [0.2, 0.25) is 5.91 Å². The third-order valence-corrected chi connectivity index (χ3v) is 1.56. The van der Waals surface area contributed by atoms with E-state index >= 15 is 0 Å². The Kier molecular flexibility index (Phi) is 7.63. The molecule has 1 unspecified atom stereocenters. The van der Waals surface area contributed by atoms with Gasteiger partial charge in [0.1, 0.15) is 0 Å². The Labute approximate surface area is 80.0 Å². The monoisotopic (exact) mass is 188 g/mol. The predicted octanol–water partition coefficient (Wildman–Crippen LogP) is 0.137. The zero-order chi connectivity index (χ0) is 10.1. The van der Waals surface area contributed by atoms with Crippen molar-refractivity contribution in [2.45, 2.75) is 26.8 Å². The van der Waals surface area contributed by atoms with E-state index in [-0.39, 0.29) is 11.9 Å². The van der Waals surface area contributed by atoms with Crippen molar-refractivity contribution in [3.63, 3.8) is 0 Å². The first-order valence-corrected chi connectivity index (χ1v) is 4.78. The van der Waals surface area contributed by atoms with Crippen molar-refractivity contribution in [2.75, 3.05) is 26.3 Å². The summed E-state index contributed by atoms with van der Waals surface area (Å²) in [6.45, 7) is 8.26. The third kappa shape index (κ3) is 7.74. The Morgan fingerprint density at radius 3 is 2.69 bits per heavy atom. The standard InChI is InChI=1S/C9H20N2O2/c1-4-10-9(12)6-11-8(3)7-13-5-2/h8,11H,4-7H2,1-3H3,(H,10,12). The second-order valence-corrected chi connectivity index (χ2v) is 2.89. The Morgan fingerprint density at radius 2 is 2.15 bits per heavy atom. The minimum atomic E-state index is 0.0332. The molecule has 0 aliphatic heterocycles. The van der Waals surface area contributed by atoms with Crippen LogP contribution < -0.4 is 10.6 Å². The van der Waals surface area contributed by atoms with Gasteiger partial charge >= 0.3 is 0 Å². The summed E-state index contributed by atoms with van der Waals surface area (Å²) in [5.41, 5.74) is 0. The zero-order valence-corrected chi connectivity index (χ0v) is 8.72. The fourth-order valence-corrected chi connectivity index (χ4v) is 0.880. The maximum absolute atomic E-state index is 11.0. The average molecular weight is 188 g/mol. The molecule has 0 saturated carbocycles. The van der Waals surface area contributed by atoms with Crippen molar-refractivity contribution in [1.29, 1.82) is 0 Å². The summed E-state index contributed by atoms with van der Waals surface area (Å²) in [7, 11) is 0. The highest BCUT2D eigenvalue weighted by Crippen LogP contribution is 1.83. The molecule has 0 heterocycles. The van der Waals surface area contributed by atoms with E-state index in [2.05, 4.69) is 10.6 Å². The number of amides is 1. The molecule has 0 aliphatic carbocycles. The third-order valence-electron chi connectivity index (χ3n) is 1.56. The van der Waals surface area contributed by atoms with Crippen molar-refractivity contribution in [1.82, 2.24) is 10.6 Å². The van der Waals surface area contributed by atoms with Crippen LogP contribution in [0.3, 0.4) is 0 Å². The Hall–Kier alpha value is -0.610. The minimum Gasteiger partial charge on any atom is -0.380 e. The summed E-state index contributed by atoms with van der Waals surface area (Å²) in [6.07, 6.45) is 0. The lowest BCUT2D eigenvalue weighted by Gasteiger charge is -2.12. The molecule has 0 rings (SSSR count). The van der Waals surface area contributed by atoms with E-state index in [1.165, 1.54) is 0 Å². The SMILES string of the molecule is CCNC(=O)CNC(C)COCC. The van der Waals surface area contributed by atoms with Crippen LogP contribution in [0.2, 0.25) is 0 Å². The number of rotatable bonds is 7. The van der Waals surface area contributed by atoms with Crippen molar-refractivity contribution in [3.8, 4) is 0 Å². The molecule has 78 valence electrons. The van der Waals surface area contributed by atoms with Crippen LogP contribution in [0.25, 0.3) is 0 Å². The number of hydrogen-bond acceptors (Lipinski definition) is 3. The molecule has 1 amide bonds. The molecular weight excluding hydrogens is 168 g/mol. The van der Waals surface area contributed by atoms with Gasteiger partial charge in [0, 0.05) is 19.2 Å². The lowest BCUT2D eigenvalue weighted by atomic mass is 10.3. The van der Waals surface area contributed by atoms with Crippen LogP contribution in [0.1, 0.15) is 20.8 Å². The van der Waals surface area contributed by atoms with Gasteiger partial charge in [-0.25, -0.2) is 0 Å². The number of nitrogens with one attached hydrogen (secondary N) is 2. The number of likely N-dealkylation sites (N-methyl/N-ethyl adjacent to an activating group) is 1. The molecule has 1 atom stereocenters. The summed E-state index contributed by atoms with van der Waals surface area (Å²) in [4.78, 5) is 11.0. The molecule has 0 spiro atoms. The van der Waals surface area contributed by atoms with Gasteiger partial charge in [-0.05, 0) is 20.8 Å². The van der Waals surface area contributed by atoms with Gasteiger partial charge in [-0.2, -0.15) is 0 Å². The van der Waals surface area contributed by atoms with Crippen LogP contribution >= 0.6 is 0 Å². The van der Waals surface area contributed by atoms with Crippen LogP contribution in [0, 0.1) is 0 Å². The summed E-state index contributed by atoms with van der Waals surface area (Å²) < 4.78 is 5.19. The molecule has 0 aromatic heterocycles. The molecule has 0 saturated heterocycles. The first-order chi connectivity index (χ1) is 6.20. The fourth-order valence-electron chi connectivity index (χ4n) is 0.880. The summed E-state index contributed by atoms with van der Waals surface area (Å²) in [5, 5.41) is 5.78. The van der Waals surface area contributed by atoms with Crippen molar-refractivity contribution in [2.24, 2.45) is 0 Å². The zero-order valence-electron chi connectivity index (χ0n) is 8.72. The van der Waals surface area contributed by atoms with Crippen LogP contribution in [-0.2, 0) is 9.53 Å². The van der Waals surface area contributed by atoms with Crippen molar-refractivity contribution in [3.05, 3.63) is 0 Å². The maximum Gasteiger partial charge on any atom is 0.233 e. The van der Waals surface area contributed by atoms with E-state index in [1.807, 2.05) is 20.8 Å². The minimum absolute atomic E-state index is 0.0332. The molecule has 0 aromatic rings. The smallest absolute Gasteiger partial charge is 0.233 e. The summed E-state index contributed by atoms with van der Waals surface area (Å²) >= 11 is 0. The molecular formula is C9H20N2O2. The van der Waals surface area contributed by atoms with E-state index in [0.29, 0.717) is 26.3 Å². The van der Waals surface area contributed by atoms with Gasteiger partial charge in [0.15, 0.2) is 0 Å². The molecule has 0 fully saturated rings. The molecule has 4 nitrogen and oxygen atoms in total. The van der Waals surface area contributed by atoms with Gasteiger partial charge in [-0.15, -0.1) is 0 Å². The lowest BCUT2D eigenvalue weighted by molar-refractivity contribution is -0.120. The number of carbonyl (C=O) groups excluding carboxylic acids is 1. The Morgan fingerprint density at radius 1 is 1.46 bits per heavy atom. The summed E-state index contributed by atoms with van der Waals surface area (Å²) in [6, 6.07) is 0.225. The molecule has 0 aromatic carbocycles. The highest BCUT2D eigenvalue weighted by Gasteiger charge is 2.03. The van der Waals surface area contributed by atoms with Crippen LogP contribution in [0.5, 0.6) is 0 Å². The molecule has 0 radical (unpaired) electrons. The van der Waals surface area contributed by atoms with E-state index in [9.17, 15) is 4.79 Å². The first kappa shape index (κ1) is 12.4. The fraction of sp³-hybridized carbons (Fsp3) is 0.889. The predicted molar refractivity (Wildman–Crippen MR) is 52.6 cm³/mol. The van der Waals surface area contributed by atoms with E-state index < -0.39 is 0 Å². The van der Waals surface area contributed by atoms with E-state index in [1.54, 1.807) is 0 Å². The number of ether oxygens (including phenoxy) is 1. The number of carbonyl (C=O) groups is 1. The van der Waals surface area contributed by atoms with Gasteiger partial charge < -0.3 is 15.4 Å². The normalized spacial score (nSPS) is 12.5. The van der Waals surface area contributed by atoms with Crippen LogP contribution in [-0.4, -0.2) is 38.3 Å². The number of hydrogen-bond donors (Lipinski definition) is 2. The van der Waals surface area contributed by atoms with Crippen LogP contribution in [0.4, 0.5) is 0 Å². The lowest BCUT2D eigenvalue weighted by Crippen LogP contribution is -2.39. The van der Waals surface area contributed by atoms with E-state index in [4.69, 9.17) is 4.74 Å². The van der Waals surface area contributed by atoms with Crippen molar-refractivity contribution < 1.29 is 9.53 Å². The largest absolute Gasteiger partial charge is 0.380 e.